The van der Waals surface area contributed by atoms with Gasteiger partial charge in [-0.1, -0.05) is 36.3 Å². The first-order valence-corrected chi connectivity index (χ1v) is 10.8. The van der Waals surface area contributed by atoms with Crippen molar-refractivity contribution in [2.45, 2.75) is 39.3 Å². The highest BCUT2D eigenvalue weighted by Crippen LogP contribution is 2.25. The highest BCUT2D eigenvalue weighted by atomic mass is 32.1. The predicted molar refractivity (Wildman–Crippen MR) is 114 cm³/mol. The lowest BCUT2D eigenvalue weighted by molar-refractivity contribution is -0.138. The smallest absolute Gasteiger partial charge is 0.243 e. The fourth-order valence-electron chi connectivity index (χ4n) is 3.77. The lowest BCUT2D eigenvalue weighted by Crippen LogP contribution is -2.46. The van der Waals surface area contributed by atoms with Crippen LogP contribution in [0.15, 0.2) is 46.6 Å². The summed E-state index contributed by atoms with van der Waals surface area (Å²) in [5.41, 5.74) is 4.67. The molecular formula is C22H24N4O3S. The van der Waals surface area contributed by atoms with Gasteiger partial charge >= 0.3 is 0 Å². The standard InChI is InChI=1S/C22H24N4O3S/c1-14-7-19(26(12-14)21(27)9-18-8-15(2)25-29-18)22(28)24-10-16-3-5-17(6-4-16)20-11-23-13-30-20/h3-6,8,11,13-14,19H,7,9-10,12H2,1-2H3,(H,24,28)/t14-,19+/m1/s1. The molecule has 1 saturated heterocycles. The fraction of sp³-hybridized carbons (Fsp3) is 0.364. The van der Waals surface area contributed by atoms with Gasteiger partial charge in [-0.2, -0.15) is 0 Å². The SMILES string of the molecule is Cc1cc(CC(=O)N2C[C@H](C)C[C@H]2C(=O)NCc2ccc(-c3cncs3)cc2)on1. The highest BCUT2D eigenvalue weighted by molar-refractivity contribution is 7.13. The molecule has 156 valence electrons. The molecule has 7 nitrogen and oxygen atoms in total. The minimum absolute atomic E-state index is 0.107. The van der Waals surface area contributed by atoms with Crippen molar-refractivity contribution < 1.29 is 14.1 Å². The monoisotopic (exact) mass is 424 g/mol. The van der Waals surface area contributed by atoms with Gasteiger partial charge in [-0.25, -0.2) is 0 Å². The van der Waals surface area contributed by atoms with Crippen molar-refractivity contribution >= 4 is 23.2 Å². The van der Waals surface area contributed by atoms with Crippen molar-refractivity contribution in [2.24, 2.45) is 5.92 Å². The minimum atomic E-state index is -0.451. The average molecular weight is 425 g/mol. The van der Waals surface area contributed by atoms with E-state index in [2.05, 4.69) is 22.4 Å². The lowest BCUT2D eigenvalue weighted by Gasteiger charge is -2.23. The highest BCUT2D eigenvalue weighted by Gasteiger charge is 2.37. The molecule has 1 aliphatic rings. The molecule has 0 radical (unpaired) electrons. The maximum atomic E-state index is 12.8. The zero-order chi connectivity index (χ0) is 21.1. The molecule has 1 N–H and O–H groups in total. The van der Waals surface area contributed by atoms with Gasteiger partial charge in [0.05, 0.1) is 22.5 Å². The van der Waals surface area contributed by atoms with Crippen molar-refractivity contribution in [1.29, 1.82) is 0 Å². The van der Waals surface area contributed by atoms with E-state index in [4.69, 9.17) is 4.52 Å². The summed E-state index contributed by atoms with van der Waals surface area (Å²) in [6.45, 7) is 4.88. The molecule has 2 amide bonds. The van der Waals surface area contributed by atoms with Gasteiger partial charge in [-0.15, -0.1) is 11.3 Å². The maximum Gasteiger partial charge on any atom is 0.243 e. The van der Waals surface area contributed by atoms with Crippen LogP contribution in [0.4, 0.5) is 0 Å². The Morgan fingerprint density at radius 2 is 2.10 bits per heavy atom. The molecule has 0 aliphatic carbocycles. The van der Waals surface area contributed by atoms with E-state index in [0.717, 1.165) is 21.7 Å². The van der Waals surface area contributed by atoms with Crippen molar-refractivity contribution in [2.75, 3.05) is 6.54 Å². The average Bonchev–Trinajstić information content (AvgIpc) is 3.48. The molecule has 3 aromatic rings. The van der Waals surface area contributed by atoms with Crippen LogP contribution in [0.5, 0.6) is 0 Å². The fourth-order valence-corrected chi connectivity index (χ4v) is 4.40. The molecule has 4 rings (SSSR count). The molecule has 0 bridgehead atoms. The summed E-state index contributed by atoms with van der Waals surface area (Å²) in [5, 5.41) is 6.81. The third kappa shape index (κ3) is 4.59. The number of hydrogen-bond donors (Lipinski definition) is 1. The number of nitrogens with one attached hydrogen (secondary N) is 1. The van der Waals surface area contributed by atoms with Gasteiger partial charge in [0.15, 0.2) is 0 Å². The van der Waals surface area contributed by atoms with Gasteiger partial charge in [0.25, 0.3) is 0 Å². The number of nitrogens with zero attached hydrogens (tertiary/aromatic N) is 3. The molecule has 0 unspecified atom stereocenters. The van der Waals surface area contributed by atoms with Crippen LogP contribution in [0.1, 0.15) is 30.4 Å². The minimum Gasteiger partial charge on any atom is -0.361 e. The summed E-state index contributed by atoms with van der Waals surface area (Å²) in [5.74, 6) is 0.578. The molecule has 1 aromatic carbocycles. The van der Waals surface area contributed by atoms with Crippen LogP contribution < -0.4 is 5.32 Å². The van der Waals surface area contributed by atoms with Crippen molar-refractivity contribution in [3.63, 3.8) is 0 Å². The Balaban J connectivity index is 1.36. The molecule has 2 aromatic heterocycles. The van der Waals surface area contributed by atoms with E-state index in [9.17, 15) is 9.59 Å². The van der Waals surface area contributed by atoms with Crippen LogP contribution in [0.3, 0.4) is 0 Å². The number of carbonyl (C=O) groups excluding carboxylic acids is 2. The second-order valence-corrected chi connectivity index (χ2v) is 8.68. The molecule has 3 heterocycles. The number of rotatable bonds is 6. The van der Waals surface area contributed by atoms with Gasteiger partial charge in [0.2, 0.25) is 11.8 Å². The Kier molecular flexibility index (Phi) is 5.94. The molecule has 1 aliphatic heterocycles. The van der Waals surface area contributed by atoms with E-state index < -0.39 is 6.04 Å². The number of amides is 2. The third-order valence-corrected chi connectivity index (χ3v) is 6.10. The number of aryl methyl sites for hydroxylation is 1. The van der Waals surface area contributed by atoms with Crippen LogP contribution in [0.2, 0.25) is 0 Å². The van der Waals surface area contributed by atoms with Gasteiger partial charge in [0.1, 0.15) is 11.8 Å². The zero-order valence-electron chi connectivity index (χ0n) is 17.0. The number of thiazole rings is 1. The van der Waals surface area contributed by atoms with E-state index in [-0.39, 0.29) is 24.2 Å². The second kappa shape index (κ2) is 8.79. The second-order valence-electron chi connectivity index (χ2n) is 7.79. The summed E-state index contributed by atoms with van der Waals surface area (Å²) < 4.78 is 5.16. The number of likely N-dealkylation sites (tertiary alicyclic amines) is 1. The van der Waals surface area contributed by atoms with E-state index >= 15 is 0 Å². The Hall–Kier alpha value is -3.00. The molecule has 0 saturated carbocycles. The maximum absolute atomic E-state index is 12.8. The lowest BCUT2D eigenvalue weighted by atomic mass is 10.1. The first-order chi connectivity index (χ1) is 14.5. The molecule has 30 heavy (non-hydrogen) atoms. The van der Waals surface area contributed by atoms with Crippen molar-refractivity contribution in [3.8, 4) is 10.4 Å². The first-order valence-electron chi connectivity index (χ1n) is 9.97. The summed E-state index contributed by atoms with van der Waals surface area (Å²) >= 11 is 1.59. The van der Waals surface area contributed by atoms with Crippen LogP contribution in [0, 0.1) is 12.8 Å². The van der Waals surface area contributed by atoms with Crippen LogP contribution in [0.25, 0.3) is 10.4 Å². The predicted octanol–water partition coefficient (Wildman–Crippen LogP) is 3.20. The third-order valence-electron chi connectivity index (χ3n) is 5.27. The van der Waals surface area contributed by atoms with E-state index in [0.29, 0.717) is 25.3 Å². The van der Waals surface area contributed by atoms with E-state index in [1.165, 1.54) is 0 Å². The van der Waals surface area contributed by atoms with Crippen LogP contribution in [-0.4, -0.2) is 39.4 Å². The van der Waals surface area contributed by atoms with Gasteiger partial charge < -0.3 is 14.7 Å². The molecule has 2 atom stereocenters. The van der Waals surface area contributed by atoms with Crippen LogP contribution in [-0.2, 0) is 22.6 Å². The molecular weight excluding hydrogens is 400 g/mol. The Morgan fingerprint density at radius 3 is 2.77 bits per heavy atom. The van der Waals surface area contributed by atoms with Crippen molar-refractivity contribution in [1.82, 2.24) is 20.4 Å². The Labute approximate surface area is 179 Å². The van der Waals surface area contributed by atoms with E-state index in [1.54, 1.807) is 22.3 Å². The summed E-state index contributed by atoms with van der Waals surface area (Å²) in [6.07, 6.45) is 2.63. The van der Waals surface area contributed by atoms with Gasteiger partial charge in [-0.05, 0) is 30.4 Å². The number of carbonyl (C=O) groups is 2. The summed E-state index contributed by atoms with van der Waals surface area (Å²) in [6, 6.07) is 9.36. The topological polar surface area (TPSA) is 88.3 Å². The normalized spacial score (nSPS) is 18.5. The number of hydrogen-bond acceptors (Lipinski definition) is 6. The van der Waals surface area contributed by atoms with Crippen LogP contribution >= 0.6 is 11.3 Å². The number of aromatic nitrogens is 2. The Bertz CT molecular complexity index is 1010. The van der Waals surface area contributed by atoms with E-state index in [1.807, 2.05) is 42.9 Å². The molecule has 8 heteroatoms. The molecule has 0 spiro atoms. The van der Waals surface area contributed by atoms with Crippen molar-refractivity contribution in [3.05, 3.63) is 59.1 Å². The Morgan fingerprint density at radius 1 is 1.30 bits per heavy atom. The van der Waals surface area contributed by atoms with Gasteiger partial charge in [0, 0.05) is 25.4 Å². The van der Waals surface area contributed by atoms with Gasteiger partial charge in [-0.3, -0.25) is 14.6 Å². The number of benzene rings is 1. The summed E-state index contributed by atoms with van der Waals surface area (Å²) in [7, 11) is 0. The first kappa shape index (κ1) is 20.3. The molecule has 1 fully saturated rings. The summed E-state index contributed by atoms with van der Waals surface area (Å²) in [4.78, 5) is 32.5. The largest absolute Gasteiger partial charge is 0.361 e. The quantitative estimate of drug-likeness (QED) is 0.656. The zero-order valence-corrected chi connectivity index (χ0v) is 17.8.